The molecule has 178 valence electrons. The van der Waals surface area contributed by atoms with Crippen LogP contribution in [0.25, 0.3) is 16.1 Å². The summed E-state index contributed by atoms with van der Waals surface area (Å²) in [4.78, 5) is 22.8. The Morgan fingerprint density at radius 2 is 1.83 bits per heavy atom. The molecular weight excluding hydrogens is 526 g/mol. The molecule has 7 nitrogen and oxygen atoms in total. The predicted molar refractivity (Wildman–Crippen MR) is 141 cm³/mol. The number of carbonyl (C=O) groups is 1. The number of aromatic nitrogens is 4. The van der Waals surface area contributed by atoms with Gasteiger partial charge in [-0.15, -0.1) is 21.5 Å². The number of hydrogen-bond acceptors (Lipinski definition) is 6. The third kappa shape index (κ3) is 4.02. The Balaban J connectivity index is 1.72. The zero-order valence-corrected chi connectivity index (χ0v) is 22.2. The van der Waals surface area contributed by atoms with Gasteiger partial charge >= 0.3 is 5.97 Å². The van der Waals surface area contributed by atoms with Crippen LogP contribution in [0.3, 0.4) is 0 Å². The van der Waals surface area contributed by atoms with Crippen LogP contribution < -0.4 is 0 Å². The van der Waals surface area contributed by atoms with Gasteiger partial charge < -0.3 is 5.11 Å². The number of benzene rings is 1. The molecule has 0 spiro atoms. The second kappa shape index (κ2) is 9.13. The maximum atomic E-state index is 12.2. The Hall–Kier alpha value is -3.17. The topological polar surface area (TPSA) is 93.3 Å². The Morgan fingerprint density at radius 3 is 2.49 bits per heavy atom. The number of aliphatic imine (C=N–C) groups is 1. The van der Waals surface area contributed by atoms with E-state index in [9.17, 15) is 9.90 Å². The molecule has 1 aromatic carbocycles. The van der Waals surface area contributed by atoms with Gasteiger partial charge in [0.2, 0.25) is 0 Å². The summed E-state index contributed by atoms with van der Waals surface area (Å²) in [7, 11) is 0. The second-order valence-electron chi connectivity index (χ2n) is 8.65. The molecule has 0 bridgehead atoms. The van der Waals surface area contributed by atoms with Crippen LogP contribution in [0.2, 0.25) is 0 Å². The highest BCUT2D eigenvalue weighted by atomic mass is 79.9. The average molecular weight is 550 g/mol. The number of nitrogens with zero attached hydrogens (tertiary/aromatic N) is 5. The first-order valence-corrected chi connectivity index (χ1v) is 13.0. The first-order valence-electron chi connectivity index (χ1n) is 11.3. The first kappa shape index (κ1) is 23.6. The zero-order chi connectivity index (χ0) is 24.9. The van der Waals surface area contributed by atoms with Gasteiger partial charge in [-0.1, -0.05) is 31.2 Å². The van der Waals surface area contributed by atoms with Crippen molar-refractivity contribution < 1.29 is 9.90 Å². The van der Waals surface area contributed by atoms with E-state index in [0.29, 0.717) is 12.2 Å². The van der Waals surface area contributed by atoms with Gasteiger partial charge in [0, 0.05) is 38.4 Å². The lowest BCUT2D eigenvalue weighted by atomic mass is 9.95. The van der Waals surface area contributed by atoms with Gasteiger partial charge in [-0.2, -0.15) is 0 Å². The number of thiophene rings is 1. The van der Waals surface area contributed by atoms with Gasteiger partial charge in [-0.05, 0) is 60.3 Å². The third-order valence-corrected chi connectivity index (χ3v) is 8.15. The molecule has 1 unspecified atom stereocenters. The number of fused-ring (bicyclic) bond motifs is 3. The molecule has 5 rings (SSSR count). The second-order valence-corrected chi connectivity index (χ2v) is 10.8. The van der Waals surface area contributed by atoms with Crippen molar-refractivity contribution in [3.05, 3.63) is 80.4 Å². The number of halogens is 1. The minimum absolute atomic E-state index is 0.434. The molecule has 1 aliphatic heterocycles. The maximum absolute atomic E-state index is 12.2. The van der Waals surface area contributed by atoms with Crippen molar-refractivity contribution in [3.8, 4) is 16.1 Å². The van der Waals surface area contributed by atoms with Crippen molar-refractivity contribution >= 4 is 38.9 Å². The van der Waals surface area contributed by atoms with Gasteiger partial charge in [-0.3, -0.25) is 19.3 Å². The van der Waals surface area contributed by atoms with Crippen LogP contribution in [0.1, 0.15) is 52.6 Å². The number of carboxylic acids is 1. The summed E-state index contributed by atoms with van der Waals surface area (Å²) in [5.74, 6) is -0.300. The van der Waals surface area contributed by atoms with Crippen LogP contribution in [-0.4, -0.2) is 36.5 Å². The predicted octanol–water partition coefficient (Wildman–Crippen LogP) is 6.08. The van der Waals surface area contributed by atoms with Crippen LogP contribution in [0.4, 0.5) is 0 Å². The minimum atomic E-state index is -0.886. The average Bonchev–Trinajstić information content (AvgIpc) is 3.31. The molecule has 4 heterocycles. The largest absolute Gasteiger partial charge is 0.481 e. The molecule has 0 radical (unpaired) electrons. The van der Waals surface area contributed by atoms with Crippen LogP contribution in [0.5, 0.6) is 0 Å². The number of aliphatic carboxylic acids is 1. The number of aryl methyl sites for hydroxylation is 2. The molecule has 9 heteroatoms. The fraction of sp³-hybridized carbons (Fsp3) is 0.269. The van der Waals surface area contributed by atoms with Crippen LogP contribution in [0.15, 0.2) is 52.2 Å². The van der Waals surface area contributed by atoms with Crippen molar-refractivity contribution in [1.82, 2.24) is 19.7 Å². The van der Waals surface area contributed by atoms with E-state index in [1.165, 1.54) is 4.88 Å². The van der Waals surface area contributed by atoms with Crippen molar-refractivity contribution in [2.75, 3.05) is 0 Å². The molecule has 1 N–H and O–H groups in total. The zero-order valence-electron chi connectivity index (χ0n) is 19.8. The van der Waals surface area contributed by atoms with Crippen molar-refractivity contribution in [2.24, 2.45) is 10.9 Å². The van der Waals surface area contributed by atoms with Gasteiger partial charge in [0.05, 0.1) is 11.6 Å². The van der Waals surface area contributed by atoms with E-state index in [1.54, 1.807) is 17.5 Å². The van der Waals surface area contributed by atoms with E-state index in [2.05, 4.69) is 57.1 Å². The van der Waals surface area contributed by atoms with Crippen molar-refractivity contribution in [3.63, 3.8) is 0 Å². The molecule has 0 fully saturated rings. The molecule has 3 aromatic heterocycles. The van der Waals surface area contributed by atoms with Gasteiger partial charge in [0.15, 0.2) is 5.82 Å². The summed E-state index contributed by atoms with van der Waals surface area (Å²) in [5.41, 5.74) is 5.91. The standard InChI is InChI=1S/C26H24BrN5O2S/c1-5-20(26(33)34)23-24-31-30-15(4)32(24)25-21(13(2)14(3)35-25)22(29-23)17-8-6-16(7-9-17)18-10-19(27)12-28-11-18/h6-12,20,23H,5H2,1-4H3,(H,33,34)/t20-,23?/m0/s1. The first-order chi connectivity index (χ1) is 16.8. The highest BCUT2D eigenvalue weighted by Gasteiger charge is 2.37. The monoisotopic (exact) mass is 549 g/mol. The summed E-state index contributed by atoms with van der Waals surface area (Å²) in [5, 5.41) is 19.7. The SMILES string of the molecule is CC[C@H](C(=O)O)C1N=C(c2ccc(-c3cncc(Br)c3)cc2)c2c(sc(C)c2C)-n2c(C)nnc21. The Morgan fingerprint density at radius 1 is 1.11 bits per heavy atom. The fourth-order valence-electron chi connectivity index (χ4n) is 4.54. The van der Waals surface area contributed by atoms with Crippen molar-refractivity contribution in [1.29, 1.82) is 0 Å². The Labute approximate surface area is 215 Å². The molecule has 2 atom stereocenters. The molecule has 1 aliphatic rings. The highest BCUT2D eigenvalue weighted by Crippen LogP contribution is 2.41. The summed E-state index contributed by atoms with van der Waals surface area (Å²) in [6.07, 6.45) is 4.02. The van der Waals surface area contributed by atoms with Crippen molar-refractivity contribution in [2.45, 2.75) is 40.2 Å². The van der Waals surface area contributed by atoms with Crippen LogP contribution in [-0.2, 0) is 4.79 Å². The normalized spacial score (nSPS) is 15.7. The van der Waals surface area contributed by atoms with Crippen LogP contribution in [0, 0.1) is 26.7 Å². The Bertz CT molecular complexity index is 1470. The number of rotatable bonds is 5. The van der Waals surface area contributed by atoms with E-state index >= 15 is 0 Å². The summed E-state index contributed by atoms with van der Waals surface area (Å²) in [6.45, 7) is 7.96. The van der Waals surface area contributed by atoms with E-state index < -0.39 is 17.9 Å². The quantitative estimate of drug-likeness (QED) is 0.325. The fourth-order valence-corrected chi connectivity index (χ4v) is 6.12. The maximum Gasteiger partial charge on any atom is 0.309 e. The lowest BCUT2D eigenvalue weighted by molar-refractivity contribution is -0.142. The van der Waals surface area contributed by atoms with Crippen LogP contribution >= 0.6 is 27.3 Å². The summed E-state index contributed by atoms with van der Waals surface area (Å²) >= 11 is 5.15. The van der Waals surface area contributed by atoms with E-state index in [0.717, 1.165) is 48.8 Å². The third-order valence-electron chi connectivity index (χ3n) is 6.52. The van der Waals surface area contributed by atoms with Gasteiger partial charge in [-0.25, -0.2) is 0 Å². The summed E-state index contributed by atoms with van der Waals surface area (Å²) < 4.78 is 2.91. The Kier molecular flexibility index (Phi) is 6.14. The highest BCUT2D eigenvalue weighted by molar-refractivity contribution is 9.10. The molecular formula is C26H24BrN5O2S. The van der Waals surface area contributed by atoms with E-state index in [4.69, 9.17) is 4.99 Å². The smallest absolute Gasteiger partial charge is 0.309 e. The van der Waals surface area contributed by atoms with E-state index in [-0.39, 0.29) is 0 Å². The number of carboxylic acid groups (broad SMARTS) is 1. The lowest BCUT2D eigenvalue weighted by Gasteiger charge is -2.18. The molecule has 0 amide bonds. The molecule has 0 saturated heterocycles. The molecule has 4 aromatic rings. The lowest BCUT2D eigenvalue weighted by Crippen LogP contribution is -2.23. The molecule has 35 heavy (non-hydrogen) atoms. The minimum Gasteiger partial charge on any atom is -0.481 e. The van der Waals surface area contributed by atoms with E-state index in [1.807, 2.05) is 42.8 Å². The van der Waals surface area contributed by atoms with Gasteiger partial charge in [0.25, 0.3) is 0 Å². The van der Waals surface area contributed by atoms with Gasteiger partial charge in [0.1, 0.15) is 16.9 Å². The number of hydrogen-bond donors (Lipinski definition) is 1. The molecule has 0 saturated carbocycles. The molecule has 0 aliphatic carbocycles. The summed E-state index contributed by atoms with van der Waals surface area (Å²) in [6, 6.07) is 9.57. The number of pyridine rings is 1.